The second kappa shape index (κ2) is 5.66. The molecule has 3 rings (SSSR count). The van der Waals surface area contributed by atoms with E-state index in [4.69, 9.17) is 0 Å². The zero-order valence-electron chi connectivity index (χ0n) is 11.7. The highest BCUT2D eigenvalue weighted by Gasteiger charge is 2.07. The van der Waals surface area contributed by atoms with Crippen molar-refractivity contribution in [3.63, 3.8) is 0 Å². The van der Waals surface area contributed by atoms with Crippen LogP contribution >= 0.6 is 0 Å². The van der Waals surface area contributed by atoms with Gasteiger partial charge in [-0.2, -0.15) is 4.98 Å². The number of phenolic OH excluding ortho intramolecular Hbond substituents is 1. The summed E-state index contributed by atoms with van der Waals surface area (Å²) in [5, 5.41) is 16.7. The van der Waals surface area contributed by atoms with E-state index in [0.717, 1.165) is 29.0 Å². The van der Waals surface area contributed by atoms with Gasteiger partial charge in [-0.1, -0.05) is 12.1 Å². The molecule has 0 bridgehead atoms. The SMILES string of the molecule is CCNc1nc(Nc2ccc(O)cc2)nc2ccccc12. The zero-order valence-corrected chi connectivity index (χ0v) is 11.7. The molecule has 0 aliphatic carbocycles. The molecule has 5 heteroatoms. The van der Waals surface area contributed by atoms with Crippen molar-refractivity contribution < 1.29 is 5.11 Å². The Kier molecular flexibility index (Phi) is 3.55. The van der Waals surface area contributed by atoms with Crippen molar-refractivity contribution in [2.75, 3.05) is 17.2 Å². The van der Waals surface area contributed by atoms with Gasteiger partial charge in [0.15, 0.2) is 0 Å². The maximum Gasteiger partial charge on any atom is 0.229 e. The van der Waals surface area contributed by atoms with Gasteiger partial charge in [0.25, 0.3) is 0 Å². The van der Waals surface area contributed by atoms with Crippen LogP contribution in [0.5, 0.6) is 5.75 Å². The number of hydrogen-bond donors (Lipinski definition) is 3. The second-order valence-electron chi connectivity index (χ2n) is 4.62. The number of rotatable bonds is 4. The number of fused-ring (bicyclic) bond motifs is 1. The lowest BCUT2D eigenvalue weighted by molar-refractivity contribution is 0.475. The third-order valence-corrected chi connectivity index (χ3v) is 3.07. The molecule has 0 fully saturated rings. The summed E-state index contributed by atoms with van der Waals surface area (Å²) in [7, 11) is 0. The molecule has 0 aliphatic rings. The lowest BCUT2D eigenvalue weighted by atomic mass is 10.2. The standard InChI is InChI=1S/C16H16N4O/c1-2-17-15-13-5-3-4-6-14(13)19-16(20-15)18-11-7-9-12(21)10-8-11/h3-10,21H,2H2,1H3,(H2,17,18,19,20). The van der Waals surface area contributed by atoms with E-state index < -0.39 is 0 Å². The molecule has 0 atom stereocenters. The van der Waals surface area contributed by atoms with Crippen LogP contribution in [0.25, 0.3) is 10.9 Å². The lowest BCUT2D eigenvalue weighted by Gasteiger charge is -2.10. The average molecular weight is 280 g/mol. The summed E-state index contributed by atoms with van der Waals surface area (Å²) in [4.78, 5) is 9.02. The van der Waals surface area contributed by atoms with Crippen LogP contribution in [-0.4, -0.2) is 21.6 Å². The molecule has 3 N–H and O–H groups in total. The summed E-state index contributed by atoms with van der Waals surface area (Å²) in [5.74, 6) is 1.56. The molecule has 1 aromatic heterocycles. The van der Waals surface area contributed by atoms with E-state index in [1.54, 1.807) is 24.3 Å². The van der Waals surface area contributed by atoms with Gasteiger partial charge in [-0.05, 0) is 43.3 Å². The monoisotopic (exact) mass is 280 g/mol. The maximum absolute atomic E-state index is 9.31. The number of anilines is 3. The minimum absolute atomic E-state index is 0.230. The molecule has 0 saturated heterocycles. The van der Waals surface area contributed by atoms with Crippen molar-refractivity contribution in [2.24, 2.45) is 0 Å². The Morgan fingerprint density at radius 1 is 1.00 bits per heavy atom. The highest BCUT2D eigenvalue weighted by Crippen LogP contribution is 2.24. The van der Waals surface area contributed by atoms with E-state index in [1.165, 1.54) is 0 Å². The number of aromatic hydroxyl groups is 1. The van der Waals surface area contributed by atoms with E-state index in [-0.39, 0.29) is 5.75 Å². The van der Waals surface area contributed by atoms with Crippen molar-refractivity contribution in [2.45, 2.75) is 6.92 Å². The smallest absolute Gasteiger partial charge is 0.229 e. The summed E-state index contributed by atoms with van der Waals surface area (Å²) in [5.41, 5.74) is 1.70. The third kappa shape index (κ3) is 2.86. The minimum atomic E-state index is 0.230. The predicted octanol–water partition coefficient (Wildman–Crippen LogP) is 3.51. The topological polar surface area (TPSA) is 70.1 Å². The molecule has 106 valence electrons. The molecular formula is C16H16N4O. The Morgan fingerprint density at radius 2 is 1.76 bits per heavy atom. The first-order valence-electron chi connectivity index (χ1n) is 6.83. The molecule has 0 saturated carbocycles. The van der Waals surface area contributed by atoms with E-state index in [2.05, 4.69) is 20.6 Å². The Balaban J connectivity index is 2.00. The number of benzene rings is 2. The van der Waals surface area contributed by atoms with Gasteiger partial charge >= 0.3 is 0 Å². The Bertz CT molecular complexity index is 756. The number of nitrogens with one attached hydrogen (secondary N) is 2. The first-order chi connectivity index (χ1) is 10.3. The number of hydrogen-bond acceptors (Lipinski definition) is 5. The molecular weight excluding hydrogens is 264 g/mol. The zero-order chi connectivity index (χ0) is 14.7. The van der Waals surface area contributed by atoms with E-state index in [1.807, 2.05) is 31.2 Å². The van der Waals surface area contributed by atoms with Crippen LogP contribution in [0.15, 0.2) is 48.5 Å². The van der Waals surface area contributed by atoms with Crippen LogP contribution < -0.4 is 10.6 Å². The quantitative estimate of drug-likeness (QED) is 0.638. The molecule has 0 unspecified atom stereocenters. The highest BCUT2D eigenvalue weighted by molar-refractivity contribution is 5.90. The van der Waals surface area contributed by atoms with Gasteiger partial charge in [0.1, 0.15) is 11.6 Å². The number of phenols is 1. The van der Waals surface area contributed by atoms with Gasteiger partial charge in [-0.3, -0.25) is 0 Å². The van der Waals surface area contributed by atoms with Crippen molar-refractivity contribution >= 4 is 28.4 Å². The molecule has 1 heterocycles. The summed E-state index contributed by atoms with van der Waals surface area (Å²) >= 11 is 0. The second-order valence-corrected chi connectivity index (χ2v) is 4.62. The van der Waals surface area contributed by atoms with Crippen LogP contribution in [0.3, 0.4) is 0 Å². The van der Waals surface area contributed by atoms with Crippen LogP contribution in [0, 0.1) is 0 Å². The van der Waals surface area contributed by atoms with Gasteiger partial charge in [-0.25, -0.2) is 4.98 Å². The Hall–Kier alpha value is -2.82. The van der Waals surface area contributed by atoms with Gasteiger partial charge in [0, 0.05) is 17.6 Å². The van der Waals surface area contributed by atoms with Gasteiger partial charge in [-0.15, -0.1) is 0 Å². The van der Waals surface area contributed by atoms with Gasteiger partial charge in [0.05, 0.1) is 5.52 Å². The molecule has 0 aliphatic heterocycles. The molecule has 0 radical (unpaired) electrons. The summed E-state index contributed by atoms with van der Waals surface area (Å²) < 4.78 is 0. The maximum atomic E-state index is 9.31. The molecule has 3 aromatic rings. The van der Waals surface area contributed by atoms with Crippen molar-refractivity contribution in [1.29, 1.82) is 0 Å². The van der Waals surface area contributed by atoms with Crippen molar-refractivity contribution in [3.05, 3.63) is 48.5 Å². The fourth-order valence-electron chi connectivity index (χ4n) is 2.11. The van der Waals surface area contributed by atoms with Crippen molar-refractivity contribution in [3.8, 4) is 5.75 Å². The molecule has 5 nitrogen and oxygen atoms in total. The molecule has 2 aromatic carbocycles. The number of aromatic nitrogens is 2. The fourth-order valence-corrected chi connectivity index (χ4v) is 2.11. The summed E-state index contributed by atoms with van der Waals surface area (Å²) in [6, 6.07) is 14.7. The molecule has 21 heavy (non-hydrogen) atoms. The van der Waals surface area contributed by atoms with Crippen molar-refractivity contribution in [1.82, 2.24) is 9.97 Å². The number of nitrogens with zero attached hydrogens (tertiary/aromatic N) is 2. The van der Waals surface area contributed by atoms with E-state index in [0.29, 0.717) is 5.95 Å². The molecule has 0 amide bonds. The van der Waals surface area contributed by atoms with Gasteiger partial charge in [0.2, 0.25) is 5.95 Å². The van der Waals surface area contributed by atoms with E-state index >= 15 is 0 Å². The Morgan fingerprint density at radius 3 is 2.52 bits per heavy atom. The molecule has 0 spiro atoms. The summed E-state index contributed by atoms with van der Waals surface area (Å²) in [6.45, 7) is 2.82. The van der Waals surface area contributed by atoms with Crippen LogP contribution in [0.4, 0.5) is 17.5 Å². The van der Waals surface area contributed by atoms with Crippen LogP contribution in [-0.2, 0) is 0 Å². The summed E-state index contributed by atoms with van der Waals surface area (Å²) in [6.07, 6.45) is 0. The van der Waals surface area contributed by atoms with Crippen LogP contribution in [0.2, 0.25) is 0 Å². The Labute approximate surface area is 122 Å². The normalized spacial score (nSPS) is 10.5. The third-order valence-electron chi connectivity index (χ3n) is 3.07. The fraction of sp³-hybridized carbons (Fsp3) is 0.125. The largest absolute Gasteiger partial charge is 0.508 e. The van der Waals surface area contributed by atoms with Gasteiger partial charge < -0.3 is 15.7 Å². The first kappa shape index (κ1) is 13.2. The van der Waals surface area contributed by atoms with E-state index in [9.17, 15) is 5.11 Å². The first-order valence-corrected chi connectivity index (χ1v) is 6.83. The predicted molar refractivity (Wildman–Crippen MR) is 85.1 cm³/mol. The lowest BCUT2D eigenvalue weighted by Crippen LogP contribution is -2.04. The average Bonchev–Trinajstić information content (AvgIpc) is 2.50. The van der Waals surface area contributed by atoms with Crippen LogP contribution in [0.1, 0.15) is 6.92 Å². The highest BCUT2D eigenvalue weighted by atomic mass is 16.3. The number of para-hydroxylation sites is 1. The minimum Gasteiger partial charge on any atom is -0.508 e.